The minimum Gasteiger partial charge on any atom is -0.449 e. The number of amides is 1. The molecule has 0 aliphatic heterocycles. The molecule has 2 N–H and O–H groups in total. The van der Waals surface area contributed by atoms with Crippen LogP contribution in [0.25, 0.3) is 22.2 Å². The number of alkyl carbamates (subject to hydrolysis) is 1. The Morgan fingerprint density at radius 2 is 1.77 bits per heavy atom. The van der Waals surface area contributed by atoms with Gasteiger partial charge in [0.05, 0.1) is 11.9 Å². The van der Waals surface area contributed by atoms with Crippen molar-refractivity contribution in [2.24, 2.45) is 0 Å². The number of nitrogens with zero attached hydrogens (tertiary/aromatic N) is 2. The molecule has 2 aromatic carbocycles. The lowest BCUT2D eigenvalue weighted by molar-refractivity contribution is 0.144. The van der Waals surface area contributed by atoms with Crippen LogP contribution in [0.2, 0.25) is 0 Å². The number of hydrogen-bond donors (Lipinski definition) is 2. The summed E-state index contributed by atoms with van der Waals surface area (Å²) in [4.78, 5) is 16.3. The van der Waals surface area contributed by atoms with E-state index in [9.17, 15) is 4.79 Å². The molecule has 0 fully saturated rings. The highest BCUT2D eigenvalue weighted by atomic mass is 16.5. The number of carbonyl (C=O) groups is 1. The molecule has 0 bridgehead atoms. The number of H-pyrrole nitrogens is 1. The topological polar surface area (TPSA) is 79.9 Å². The van der Waals surface area contributed by atoms with Gasteiger partial charge in [-0.25, -0.2) is 9.78 Å². The Morgan fingerprint density at radius 3 is 2.53 bits per heavy atom. The van der Waals surface area contributed by atoms with Crippen molar-refractivity contribution < 1.29 is 9.53 Å². The number of fused-ring (bicyclic) bond motifs is 4. The van der Waals surface area contributed by atoms with Gasteiger partial charge < -0.3 is 10.1 Å². The molecule has 2 heterocycles. The molecule has 0 radical (unpaired) electrons. The molecule has 6 heteroatoms. The van der Waals surface area contributed by atoms with Gasteiger partial charge in [0.25, 0.3) is 0 Å². The highest BCUT2D eigenvalue weighted by molar-refractivity contribution is 5.80. The zero-order valence-electron chi connectivity index (χ0n) is 16.1. The van der Waals surface area contributed by atoms with Crippen LogP contribution in [-0.4, -0.2) is 34.4 Å². The predicted octanol–water partition coefficient (Wildman–Crippen LogP) is 3.85. The van der Waals surface area contributed by atoms with Gasteiger partial charge in [0, 0.05) is 12.1 Å². The van der Waals surface area contributed by atoms with Crippen LogP contribution in [0, 0.1) is 11.8 Å². The fourth-order valence-corrected chi connectivity index (χ4v) is 3.84. The second-order valence-corrected chi connectivity index (χ2v) is 6.95. The van der Waals surface area contributed by atoms with Crippen LogP contribution >= 0.6 is 0 Å². The van der Waals surface area contributed by atoms with Gasteiger partial charge in [-0.3, -0.25) is 5.10 Å². The first-order valence-corrected chi connectivity index (χ1v) is 9.68. The van der Waals surface area contributed by atoms with E-state index in [0.29, 0.717) is 11.3 Å². The molecular formula is C24H18N4O2. The van der Waals surface area contributed by atoms with Gasteiger partial charge in [-0.05, 0) is 40.3 Å². The molecule has 0 saturated heterocycles. The summed E-state index contributed by atoms with van der Waals surface area (Å²) in [7, 11) is 0. The van der Waals surface area contributed by atoms with Gasteiger partial charge in [0.1, 0.15) is 12.3 Å². The number of hydrogen-bond acceptors (Lipinski definition) is 4. The van der Waals surface area contributed by atoms with Crippen LogP contribution in [0.15, 0.2) is 66.9 Å². The number of nitrogens with one attached hydrogen (secondary N) is 2. The molecule has 4 aromatic rings. The van der Waals surface area contributed by atoms with Crippen molar-refractivity contribution in [3.63, 3.8) is 0 Å². The summed E-state index contributed by atoms with van der Waals surface area (Å²) >= 11 is 0. The average Bonchev–Trinajstić information content (AvgIpc) is 3.34. The first-order chi connectivity index (χ1) is 14.8. The second kappa shape index (κ2) is 7.72. The summed E-state index contributed by atoms with van der Waals surface area (Å²) in [5.74, 6) is 5.92. The lowest BCUT2D eigenvalue weighted by atomic mass is 9.98. The SMILES string of the molecule is O=C(NCC#Cc1[nH]nc2ncccc12)OCC1c2ccccc2-c2ccccc21. The van der Waals surface area contributed by atoms with E-state index < -0.39 is 6.09 Å². The number of rotatable bonds is 3. The number of aromatic amines is 1. The first-order valence-electron chi connectivity index (χ1n) is 9.68. The summed E-state index contributed by atoms with van der Waals surface area (Å²) in [6, 6.07) is 20.2. The molecule has 6 nitrogen and oxygen atoms in total. The largest absolute Gasteiger partial charge is 0.449 e. The van der Waals surface area contributed by atoms with Crippen LogP contribution in [0.1, 0.15) is 22.7 Å². The van der Waals surface area contributed by atoms with Crippen LogP contribution in [0.4, 0.5) is 4.79 Å². The van der Waals surface area contributed by atoms with Crippen molar-refractivity contribution >= 4 is 17.1 Å². The zero-order chi connectivity index (χ0) is 20.3. The van der Waals surface area contributed by atoms with Crippen LogP contribution in [0.3, 0.4) is 0 Å². The van der Waals surface area contributed by atoms with Gasteiger partial charge >= 0.3 is 6.09 Å². The maximum Gasteiger partial charge on any atom is 0.407 e. The van der Waals surface area contributed by atoms with Crippen LogP contribution in [-0.2, 0) is 4.74 Å². The van der Waals surface area contributed by atoms with Gasteiger partial charge in [-0.2, -0.15) is 5.10 Å². The predicted molar refractivity (Wildman–Crippen MR) is 114 cm³/mol. The minimum atomic E-state index is -0.484. The molecule has 1 aliphatic carbocycles. The molecular weight excluding hydrogens is 376 g/mol. The van der Waals surface area contributed by atoms with Crippen molar-refractivity contribution in [1.82, 2.24) is 20.5 Å². The van der Waals surface area contributed by atoms with E-state index in [0.717, 1.165) is 5.39 Å². The third-order valence-corrected chi connectivity index (χ3v) is 5.21. The first kappa shape index (κ1) is 18.0. The number of carbonyl (C=O) groups excluding carboxylic acids is 1. The molecule has 2 aromatic heterocycles. The fourth-order valence-electron chi connectivity index (χ4n) is 3.84. The molecule has 0 saturated carbocycles. The summed E-state index contributed by atoms with van der Waals surface area (Å²) in [5.41, 5.74) is 6.07. The second-order valence-electron chi connectivity index (χ2n) is 6.95. The number of aromatic nitrogens is 3. The maximum atomic E-state index is 12.2. The van der Waals surface area contributed by atoms with Crippen molar-refractivity contribution in [3.05, 3.63) is 83.7 Å². The number of pyridine rings is 1. The molecule has 30 heavy (non-hydrogen) atoms. The monoisotopic (exact) mass is 394 g/mol. The van der Waals surface area contributed by atoms with E-state index in [1.54, 1.807) is 6.20 Å². The van der Waals surface area contributed by atoms with E-state index in [1.165, 1.54) is 22.3 Å². The Labute approximate surface area is 173 Å². The third-order valence-electron chi connectivity index (χ3n) is 5.21. The Hall–Kier alpha value is -4.11. The Balaban J connectivity index is 1.21. The molecule has 0 spiro atoms. The normalized spacial score (nSPS) is 12.0. The lowest BCUT2D eigenvalue weighted by Gasteiger charge is -2.14. The summed E-state index contributed by atoms with van der Waals surface area (Å²) < 4.78 is 5.50. The zero-order valence-corrected chi connectivity index (χ0v) is 16.1. The number of benzene rings is 2. The highest BCUT2D eigenvalue weighted by Gasteiger charge is 2.28. The highest BCUT2D eigenvalue weighted by Crippen LogP contribution is 2.44. The molecule has 146 valence electrons. The minimum absolute atomic E-state index is 0.0399. The van der Waals surface area contributed by atoms with Gasteiger partial charge in [0.2, 0.25) is 0 Å². The van der Waals surface area contributed by atoms with Gasteiger partial charge in [0.15, 0.2) is 5.65 Å². The Bertz CT molecular complexity index is 1250. The lowest BCUT2D eigenvalue weighted by Crippen LogP contribution is -2.26. The summed E-state index contributed by atoms with van der Waals surface area (Å²) in [6.07, 6.45) is 1.20. The van der Waals surface area contributed by atoms with E-state index in [2.05, 4.69) is 56.6 Å². The van der Waals surface area contributed by atoms with E-state index in [4.69, 9.17) is 4.74 Å². The van der Waals surface area contributed by atoms with Crippen molar-refractivity contribution in [1.29, 1.82) is 0 Å². The molecule has 5 rings (SSSR count). The summed E-state index contributed by atoms with van der Waals surface area (Å²) in [6.45, 7) is 0.460. The number of ether oxygens (including phenoxy) is 1. The van der Waals surface area contributed by atoms with Crippen molar-refractivity contribution in [2.75, 3.05) is 13.2 Å². The van der Waals surface area contributed by atoms with Gasteiger partial charge in [-0.15, -0.1) is 0 Å². The average molecular weight is 394 g/mol. The fraction of sp³-hybridized carbons (Fsp3) is 0.125. The van der Waals surface area contributed by atoms with Gasteiger partial charge in [-0.1, -0.05) is 54.5 Å². The summed E-state index contributed by atoms with van der Waals surface area (Å²) in [5, 5.41) is 10.5. The van der Waals surface area contributed by atoms with Crippen molar-refractivity contribution in [3.8, 4) is 23.0 Å². The smallest absolute Gasteiger partial charge is 0.407 e. The van der Waals surface area contributed by atoms with E-state index in [-0.39, 0.29) is 19.1 Å². The third kappa shape index (κ3) is 3.27. The molecule has 0 atom stereocenters. The maximum absolute atomic E-state index is 12.2. The molecule has 1 aliphatic rings. The Kier molecular flexibility index (Phi) is 4.62. The van der Waals surface area contributed by atoms with E-state index in [1.807, 2.05) is 36.4 Å². The van der Waals surface area contributed by atoms with E-state index >= 15 is 0 Å². The molecule has 0 unspecified atom stereocenters. The standard InChI is InChI=1S/C24H18N4O2/c29-24(26-14-6-12-22-20-11-5-13-25-23(20)28-27-22)30-15-21-18-9-3-1-7-16(18)17-8-2-4-10-19(17)21/h1-5,7-11,13,21H,14-15H2,(H,26,29)(H,25,27,28). The van der Waals surface area contributed by atoms with Crippen molar-refractivity contribution in [2.45, 2.75) is 5.92 Å². The Morgan fingerprint density at radius 1 is 1.03 bits per heavy atom. The van der Waals surface area contributed by atoms with Crippen LogP contribution in [0.5, 0.6) is 0 Å². The molecule has 1 amide bonds. The quantitative estimate of drug-likeness (QED) is 0.517. The van der Waals surface area contributed by atoms with Crippen LogP contribution < -0.4 is 5.32 Å².